The highest BCUT2D eigenvalue weighted by molar-refractivity contribution is 5.59. The summed E-state index contributed by atoms with van der Waals surface area (Å²) in [7, 11) is 0. The summed E-state index contributed by atoms with van der Waals surface area (Å²) in [6.07, 6.45) is 3.45. The zero-order valence-corrected chi connectivity index (χ0v) is 12.3. The summed E-state index contributed by atoms with van der Waals surface area (Å²) in [5, 5.41) is 0. The molecule has 116 valence electrons. The molecule has 1 aromatic carbocycles. The number of halogens is 2. The molecule has 0 aliphatic carbocycles. The van der Waals surface area contributed by atoms with Gasteiger partial charge >= 0.3 is 6.61 Å². The second-order valence-electron chi connectivity index (χ2n) is 5.85. The van der Waals surface area contributed by atoms with E-state index in [1.807, 2.05) is 12.1 Å². The lowest BCUT2D eigenvalue weighted by atomic mass is 10.0. The van der Waals surface area contributed by atoms with Gasteiger partial charge in [-0.3, -0.25) is 4.90 Å². The number of fused-ring (bicyclic) bond motifs is 1. The molecule has 2 fully saturated rings. The quantitative estimate of drug-likeness (QED) is 0.847. The van der Waals surface area contributed by atoms with Crippen molar-refractivity contribution in [3.05, 3.63) is 24.3 Å². The summed E-state index contributed by atoms with van der Waals surface area (Å²) in [4.78, 5) is 4.81. The van der Waals surface area contributed by atoms with E-state index < -0.39 is 6.61 Å². The van der Waals surface area contributed by atoms with Crippen LogP contribution >= 0.6 is 0 Å². The predicted octanol–water partition coefficient (Wildman–Crippen LogP) is 3.35. The fourth-order valence-corrected chi connectivity index (χ4v) is 3.62. The molecule has 0 spiro atoms. The summed E-state index contributed by atoms with van der Waals surface area (Å²) >= 11 is 0. The zero-order valence-electron chi connectivity index (χ0n) is 12.3. The minimum absolute atomic E-state index is 0.289. The van der Waals surface area contributed by atoms with Crippen LogP contribution in [0.25, 0.3) is 0 Å². The third kappa shape index (κ3) is 2.98. The SMILES string of the molecule is CCC1CN2CCCC2CN1c1ccccc1OC(F)F. The van der Waals surface area contributed by atoms with Crippen molar-refractivity contribution in [2.75, 3.05) is 24.5 Å². The molecule has 1 aromatic rings. The minimum atomic E-state index is -2.78. The van der Waals surface area contributed by atoms with Crippen molar-refractivity contribution in [1.82, 2.24) is 4.90 Å². The summed E-state index contributed by atoms with van der Waals surface area (Å²) in [5.74, 6) is 0.289. The van der Waals surface area contributed by atoms with Gasteiger partial charge in [0, 0.05) is 25.2 Å². The van der Waals surface area contributed by atoms with Crippen molar-refractivity contribution in [3.8, 4) is 5.75 Å². The highest BCUT2D eigenvalue weighted by Crippen LogP contribution is 2.35. The number of hydrogen-bond acceptors (Lipinski definition) is 3. The Morgan fingerprint density at radius 2 is 2.10 bits per heavy atom. The topological polar surface area (TPSA) is 15.7 Å². The molecule has 0 aromatic heterocycles. The maximum Gasteiger partial charge on any atom is 0.387 e. The molecule has 0 amide bonds. The molecule has 2 saturated heterocycles. The average molecular weight is 296 g/mol. The van der Waals surface area contributed by atoms with Crippen molar-refractivity contribution < 1.29 is 13.5 Å². The van der Waals surface area contributed by atoms with E-state index in [2.05, 4.69) is 16.7 Å². The number of alkyl halides is 2. The van der Waals surface area contributed by atoms with Gasteiger partial charge in [0.1, 0.15) is 5.75 Å². The number of benzene rings is 1. The molecule has 0 radical (unpaired) electrons. The molecule has 0 N–H and O–H groups in total. The van der Waals surface area contributed by atoms with Crippen LogP contribution in [0.4, 0.5) is 14.5 Å². The van der Waals surface area contributed by atoms with Crippen LogP contribution in [0.1, 0.15) is 26.2 Å². The van der Waals surface area contributed by atoms with E-state index in [0.29, 0.717) is 12.1 Å². The lowest BCUT2D eigenvalue weighted by Crippen LogP contribution is -2.56. The molecule has 3 rings (SSSR count). The maximum atomic E-state index is 12.6. The Balaban J connectivity index is 1.87. The fourth-order valence-electron chi connectivity index (χ4n) is 3.62. The molecule has 5 heteroatoms. The molecule has 2 aliphatic heterocycles. The normalized spacial score (nSPS) is 26.2. The monoisotopic (exact) mass is 296 g/mol. The van der Waals surface area contributed by atoms with Crippen LogP contribution in [-0.2, 0) is 0 Å². The molecular weight excluding hydrogens is 274 g/mol. The van der Waals surface area contributed by atoms with Gasteiger partial charge in [0.25, 0.3) is 0 Å². The van der Waals surface area contributed by atoms with E-state index in [-0.39, 0.29) is 5.75 Å². The summed E-state index contributed by atoms with van der Waals surface area (Å²) in [6, 6.07) is 8.07. The molecule has 2 atom stereocenters. The van der Waals surface area contributed by atoms with E-state index in [0.717, 1.165) is 25.2 Å². The minimum Gasteiger partial charge on any atom is -0.433 e. The van der Waals surface area contributed by atoms with Crippen molar-refractivity contribution in [1.29, 1.82) is 0 Å². The standard InChI is InChI=1S/C16H22F2N2O/c1-2-12-10-19-9-5-6-13(19)11-20(12)14-7-3-4-8-15(14)21-16(17)18/h3-4,7-8,12-13,16H,2,5-6,9-11H2,1H3. The third-order valence-electron chi connectivity index (χ3n) is 4.65. The molecule has 0 bridgehead atoms. The van der Waals surface area contributed by atoms with E-state index in [9.17, 15) is 8.78 Å². The van der Waals surface area contributed by atoms with Crippen LogP contribution in [0, 0.1) is 0 Å². The van der Waals surface area contributed by atoms with E-state index in [1.54, 1.807) is 12.1 Å². The van der Waals surface area contributed by atoms with Crippen LogP contribution in [0.15, 0.2) is 24.3 Å². The Hall–Kier alpha value is -1.36. The Bertz CT molecular complexity index is 483. The Kier molecular flexibility index (Phi) is 4.29. The van der Waals surface area contributed by atoms with Gasteiger partial charge in [-0.05, 0) is 37.9 Å². The number of piperazine rings is 1. The fraction of sp³-hybridized carbons (Fsp3) is 0.625. The smallest absolute Gasteiger partial charge is 0.387 e. The molecule has 0 saturated carbocycles. The second-order valence-corrected chi connectivity index (χ2v) is 5.85. The van der Waals surface area contributed by atoms with Crippen LogP contribution < -0.4 is 9.64 Å². The van der Waals surface area contributed by atoms with Gasteiger partial charge in [-0.25, -0.2) is 0 Å². The van der Waals surface area contributed by atoms with Crippen molar-refractivity contribution >= 4 is 5.69 Å². The lowest BCUT2D eigenvalue weighted by Gasteiger charge is -2.45. The van der Waals surface area contributed by atoms with Gasteiger partial charge in [0.15, 0.2) is 0 Å². The number of ether oxygens (including phenoxy) is 1. The Morgan fingerprint density at radius 1 is 1.29 bits per heavy atom. The highest BCUT2D eigenvalue weighted by Gasteiger charge is 2.36. The molecule has 21 heavy (non-hydrogen) atoms. The molecule has 3 nitrogen and oxygen atoms in total. The average Bonchev–Trinajstić information content (AvgIpc) is 2.93. The molecule has 2 unspecified atom stereocenters. The first-order chi connectivity index (χ1) is 10.2. The first-order valence-electron chi connectivity index (χ1n) is 7.73. The van der Waals surface area contributed by atoms with Crippen LogP contribution in [-0.4, -0.2) is 43.2 Å². The van der Waals surface area contributed by atoms with Gasteiger partial charge in [0.05, 0.1) is 5.69 Å². The summed E-state index contributed by atoms with van der Waals surface area (Å²) in [5.41, 5.74) is 0.802. The first kappa shape index (κ1) is 14.6. The third-order valence-corrected chi connectivity index (χ3v) is 4.65. The Labute approximate surface area is 124 Å². The number of rotatable bonds is 4. The van der Waals surface area contributed by atoms with Crippen molar-refractivity contribution in [2.45, 2.75) is 44.9 Å². The molecule has 2 heterocycles. The first-order valence-corrected chi connectivity index (χ1v) is 7.73. The van der Waals surface area contributed by atoms with Gasteiger partial charge < -0.3 is 9.64 Å². The second kappa shape index (κ2) is 6.18. The van der Waals surface area contributed by atoms with Gasteiger partial charge in [-0.2, -0.15) is 8.78 Å². The van der Waals surface area contributed by atoms with Gasteiger partial charge in [-0.1, -0.05) is 19.1 Å². The van der Waals surface area contributed by atoms with E-state index in [4.69, 9.17) is 4.74 Å². The summed E-state index contributed by atoms with van der Waals surface area (Å²) in [6.45, 7) is 2.47. The highest BCUT2D eigenvalue weighted by atomic mass is 19.3. The van der Waals surface area contributed by atoms with Gasteiger partial charge in [0.2, 0.25) is 0 Å². The number of para-hydroxylation sites is 2. The van der Waals surface area contributed by atoms with Crippen LogP contribution in [0.3, 0.4) is 0 Å². The predicted molar refractivity (Wildman–Crippen MR) is 79.1 cm³/mol. The number of anilines is 1. The van der Waals surface area contributed by atoms with E-state index in [1.165, 1.54) is 19.4 Å². The van der Waals surface area contributed by atoms with Gasteiger partial charge in [-0.15, -0.1) is 0 Å². The number of nitrogens with zero attached hydrogens (tertiary/aromatic N) is 2. The maximum absolute atomic E-state index is 12.6. The number of hydrogen-bond donors (Lipinski definition) is 0. The van der Waals surface area contributed by atoms with Crippen molar-refractivity contribution in [2.24, 2.45) is 0 Å². The lowest BCUT2D eigenvalue weighted by molar-refractivity contribution is -0.0496. The largest absolute Gasteiger partial charge is 0.433 e. The zero-order chi connectivity index (χ0) is 14.8. The van der Waals surface area contributed by atoms with Crippen molar-refractivity contribution in [3.63, 3.8) is 0 Å². The summed E-state index contributed by atoms with van der Waals surface area (Å²) < 4.78 is 29.9. The van der Waals surface area contributed by atoms with Crippen LogP contribution in [0.2, 0.25) is 0 Å². The molecule has 2 aliphatic rings. The van der Waals surface area contributed by atoms with Crippen LogP contribution in [0.5, 0.6) is 5.75 Å². The Morgan fingerprint density at radius 3 is 2.86 bits per heavy atom. The van der Waals surface area contributed by atoms with E-state index >= 15 is 0 Å². The molecular formula is C16H22F2N2O.